The van der Waals surface area contributed by atoms with Crippen LogP contribution in [0.15, 0.2) is 6.07 Å². The Morgan fingerprint density at radius 3 is 2.43 bits per heavy atom. The zero-order valence-electron chi connectivity index (χ0n) is 14.0. The third-order valence-corrected chi connectivity index (χ3v) is 4.80. The molecule has 0 radical (unpaired) electrons. The number of nitrogens with one attached hydrogen (secondary N) is 1. The molecule has 0 aromatic carbocycles. The molecule has 2 heterocycles. The number of anilines is 2. The van der Waals surface area contributed by atoms with Crippen LogP contribution in [0.4, 0.5) is 11.8 Å². The lowest BCUT2D eigenvalue weighted by Gasteiger charge is -2.32. The van der Waals surface area contributed by atoms with Crippen molar-refractivity contribution in [3.8, 4) is 0 Å². The van der Waals surface area contributed by atoms with E-state index in [1.165, 1.54) is 38.5 Å². The molecule has 1 saturated heterocycles. The van der Waals surface area contributed by atoms with Gasteiger partial charge in [-0.3, -0.25) is 4.79 Å². The zero-order valence-corrected chi connectivity index (χ0v) is 14.0. The number of carbonyl (C=O) groups excluding carboxylic acids is 1. The number of aryl methyl sites for hydroxylation is 1. The second-order valence-corrected chi connectivity index (χ2v) is 6.66. The second-order valence-electron chi connectivity index (χ2n) is 6.66. The standard InChI is InChI=1S/C17H27N5O/c1-14-12-16(19-15-6-4-2-3-5-7-15)20-17(18-14)22-10-8-21(13-23)9-11-22/h12-13,15H,2-11H2,1H3,(H,18,19,20). The molecule has 126 valence electrons. The maximum atomic E-state index is 10.8. The summed E-state index contributed by atoms with van der Waals surface area (Å²) < 4.78 is 0. The fraction of sp³-hybridized carbons (Fsp3) is 0.706. The highest BCUT2D eigenvalue weighted by atomic mass is 16.1. The lowest BCUT2D eigenvalue weighted by atomic mass is 10.1. The number of hydrogen-bond donors (Lipinski definition) is 1. The summed E-state index contributed by atoms with van der Waals surface area (Å²) in [5.74, 6) is 1.73. The van der Waals surface area contributed by atoms with Crippen molar-refractivity contribution in [1.29, 1.82) is 0 Å². The maximum absolute atomic E-state index is 10.8. The molecule has 1 saturated carbocycles. The van der Waals surface area contributed by atoms with Gasteiger partial charge in [-0.2, -0.15) is 4.98 Å². The van der Waals surface area contributed by atoms with Gasteiger partial charge in [0.25, 0.3) is 0 Å². The molecule has 6 heteroatoms. The van der Waals surface area contributed by atoms with Crippen LogP contribution in [-0.2, 0) is 4.79 Å². The normalized spacial score (nSPS) is 20.2. The first kappa shape index (κ1) is 16.0. The van der Waals surface area contributed by atoms with Gasteiger partial charge in [-0.15, -0.1) is 0 Å². The molecule has 1 aromatic heterocycles. The monoisotopic (exact) mass is 317 g/mol. The molecule has 0 atom stereocenters. The van der Waals surface area contributed by atoms with Gasteiger partial charge in [-0.25, -0.2) is 4.98 Å². The summed E-state index contributed by atoms with van der Waals surface area (Å²) in [4.78, 5) is 24.1. The smallest absolute Gasteiger partial charge is 0.227 e. The Kier molecular flexibility index (Phi) is 5.31. The Labute approximate surface area is 138 Å². The summed E-state index contributed by atoms with van der Waals surface area (Å²) in [6.07, 6.45) is 8.71. The molecule has 1 N–H and O–H groups in total. The summed E-state index contributed by atoms with van der Waals surface area (Å²) in [5.41, 5.74) is 0.990. The van der Waals surface area contributed by atoms with Crippen LogP contribution >= 0.6 is 0 Å². The Morgan fingerprint density at radius 2 is 1.78 bits per heavy atom. The Hall–Kier alpha value is -1.85. The van der Waals surface area contributed by atoms with Gasteiger partial charge < -0.3 is 15.1 Å². The lowest BCUT2D eigenvalue weighted by molar-refractivity contribution is -0.118. The van der Waals surface area contributed by atoms with E-state index in [-0.39, 0.29) is 0 Å². The minimum atomic E-state index is 0.534. The molecule has 23 heavy (non-hydrogen) atoms. The first-order chi connectivity index (χ1) is 11.2. The molecule has 3 rings (SSSR count). The molecule has 0 bridgehead atoms. The van der Waals surface area contributed by atoms with Crippen molar-refractivity contribution in [1.82, 2.24) is 14.9 Å². The van der Waals surface area contributed by atoms with E-state index in [9.17, 15) is 4.79 Å². The quantitative estimate of drug-likeness (QED) is 0.681. The molecule has 1 aliphatic heterocycles. The van der Waals surface area contributed by atoms with Gasteiger partial charge in [0, 0.05) is 44.0 Å². The lowest BCUT2D eigenvalue weighted by Crippen LogP contribution is -2.46. The van der Waals surface area contributed by atoms with Crippen LogP contribution in [0.2, 0.25) is 0 Å². The number of carbonyl (C=O) groups is 1. The van der Waals surface area contributed by atoms with Gasteiger partial charge in [0.1, 0.15) is 5.82 Å². The number of rotatable bonds is 4. The van der Waals surface area contributed by atoms with Gasteiger partial charge in [0.05, 0.1) is 0 Å². The number of piperazine rings is 1. The number of amides is 1. The van der Waals surface area contributed by atoms with Gasteiger partial charge in [-0.1, -0.05) is 25.7 Å². The fourth-order valence-corrected chi connectivity index (χ4v) is 3.43. The molecule has 1 aliphatic carbocycles. The largest absolute Gasteiger partial charge is 0.367 e. The van der Waals surface area contributed by atoms with Gasteiger partial charge in [0.15, 0.2) is 0 Å². The Bertz CT molecular complexity index is 520. The molecule has 1 amide bonds. The third-order valence-electron chi connectivity index (χ3n) is 4.80. The Balaban J connectivity index is 1.67. The van der Waals surface area contributed by atoms with E-state index in [2.05, 4.69) is 15.2 Å². The van der Waals surface area contributed by atoms with Crippen LogP contribution in [0.3, 0.4) is 0 Å². The van der Waals surface area contributed by atoms with Crippen LogP contribution in [0.25, 0.3) is 0 Å². The molecular weight excluding hydrogens is 290 g/mol. The molecule has 1 aromatic rings. The predicted molar refractivity (Wildman–Crippen MR) is 91.7 cm³/mol. The van der Waals surface area contributed by atoms with E-state index < -0.39 is 0 Å². The summed E-state index contributed by atoms with van der Waals surface area (Å²) in [6, 6.07) is 2.57. The molecule has 0 spiro atoms. The van der Waals surface area contributed by atoms with Crippen LogP contribution in [0.5, 0.6) is 0 Å². The van der Waals surface area contributed by atoms with Crippen molar-refractivity contribution in [3.05, 3.63) is 11.8 Å². The van der Waals surface area contributed by atoms with Crippen molar-refractivity contribution < 1.29 is 4.79 Å². The second kappa shape index (κ2) is 7.62. The minimum Gasteiger partial charge on any atom is -0.367 e. The zero-order chi connectivity index (χ0) is 16.1. The van der Waals surface area contributed by atoms with Crippen molar-refractivity contribution in [2.45, 2.75) is 51.5 Å². The van der Waals surface area contributed by atoms with Crippen molar-refractivity contribution in [2.75, 3.05) is 36.4 Å². The summed E-state index contributed by atoms with van der Waals surface area (Å²) in [5, 5.41) is 3.62. The highest BCUT2D eigenvalue weighted by molar-refractivity contribution is 5.49. The predicted octanol–water partition coefficient (Wildman–Crippen LogP) is 2.20. The number of nitrogens with zero attached hydrogens (tertiary/aromatic N) is 4. The van der Waals surface area contributed by atoms with E-state index in [1.807, 2.05) is 13.0 Å². The molecular formula is C17H27N5O. The van der Waals surface area contributed by atoms with Crippen LogP contribution in [0.1, 0.15) is 44.2 Å². The molecule has 6 nitrogen and oxygen atoms in total. The van der Waals surface area contributed by atoms with E-state index in [0.29, 0.717) is 6.04 Å². The molecule has 2 fully saturated rings. The first-order valence-corrected chi connectivity index (χ1v) is 8.81. The Morgan fingerprint density at radius 1 is 1.09 bits per heavy atom. The van der Waals surface area contributed by atoms with Crippen LogP contribution in [-0.4, -0.2) is 53.5 Å². The van der Waals surface area contributed by atoms with E-state index in [1.54, 1.807) is 4.90 Å². The first-order valence-electron chi connectivity index (χ1n) is 8.81. The molecule has 0 unspecified atom stereocenters. The highest BCUT2D eigenvalue weighted by Gasteiger charge is 2.19. The van der Waals surface area contributed by atoms with Crippen molar-refractivity contribution in [2.24, 2.45) is 0 Å². The summed E-state index contributed by atoms with van der Waals surface area (Å²) in [7, 11) is 0. The van der Waals surface area contributed by atoms with E-state index in [0.717, 1.165) is 50.0 Å². The average molecular weight is 317 g/mol. The fourth-order valence-electron chi connectivity index (χ4n) is 3.43. The topological polar surface area (TPSA) is 61.4 Å². The van der Waals surface area contributed by atoms with Gasteiger partial charge in [0.2, 0.25) is 12.4 Å². The maximum Gasteiger partial charge on any atom is 0.227 e. The van der Waals surface area contributed by atoms with Crippen molar-refractivity contribution >= 4 is 18.2 Å². The van der Waals surface area contributed by atoms with Crippen LogP contribution in [0, 0.1) is 6.92 Å². The number of hydrogen-bond acceptors (Lipinski definition) is 5. The number of aromatic nitrogens is 2. The highest BCUT2D eigenvalue weighted by Crippen LogP contribution is 2.22. The van der Waals surface area contributed by atoms with Crippen molar-refractivity contribution in [3.63, 3.8) is 0 Å². The van der Waals surface area contributed by atoms with E-state index in [4.69, 9.17) is 4.98 Å². The third kappa shape index (κ3) is 4.33. The van der Waals surface area contributed by atoms with Gasteiger partial charge in [-0.05, 0) is 19.8 Å². The molecule has 2 aliphatic rings. The minimum absolute atomic E-state index is 0.534. The van der Waals surface area contributed by atoms with Gasteiger partial charge >= 0.3 is 0 Å². The van der Waals surface area contributed by atoms with E-state index >= 15 is 0 Å². The average Bonchev–Trinajstić information content (AvgIpc) is 2.83. The van der Waals surface area contributed by atoms with Crippen LogP contribution < -0.4 is 10.2 Å². The SMILES string of the molecule is Cc1cc(NC2CCCCCC2)nc(N2CCN(C=O)CC2)n1. The summed E-state index contributed by atoms with van der Waals surface area (Å²) in [6.45, 7) is 5.10. The summed E-state index contributed by atoms with van der Waals surface area (Å²) >= 11 is 0.